The second kappa shape index (κ2) is 8.44. The number of carbonyl (C=O) groups is 2. The molecule has 1 aliphatic rings. The molecule has 0 amide bonds. The van der Waals surface area contributed by atoms with Gasteiger partial charge < -0.3 is 15.7 Å². The van der Waals surface area contributed by atoms with Gasteiger partial charge in [0.1, 0.15) is 5.75 Å². The highest BCUT2D eigenvalue weighted by atomic mass is 16.3. The zero-order valence-corrected chi connectivity index (χ0v) is 20.1. The molecule has 174 valence electrons. The Balaban J connectivity index is 1.70. The van der Waals surface area contributed by atoms with Crippen molar-refractivity contribution in [1.82, 2.24) is 0 Å². The van der Waals surface area contributed by atoms with Crippen molar-refractivity contribution >= 4 is 34.3 Å². The second-order valence-corrected chi connectivity index (χ2v) is 9.16. The van der Waals surface area contributed by atoms with Crippen LogP contribution in [0.5, 0.6) is 5.75 Å². The zero-order valence-electron chi connectivity index (χ0n) is 20.1. The molecule has 4 aromatic carbocycles. The molecule has 0 radical (unpaired) electrons. The van der Waals surface area contributed by atoms with Crippen LogP contribution in [0, 0.1) is 27.7 Å². The van der Waals surface area contributed by atoms with Gasteiger partial charge in [-0.05, 0) is 69.2 Å². The number of benzene rings is 4. The quantitative estimate of drug-likeness (QED) is 0.271. The number of hydrogen-bond acceptors (Lipinski definition) is 5. The molecular weight excluding hydrogens is 436 g/mol. The number of aromatic hydroxyl groups is 1. The Kier molecular flexibility index (Phi) is 5.40. The molecule has 5 nitrogen and oxygen atoms in total. The van der Waals surface area contributed by atoms with Crippen LogP contribution < -0.4 is 10.6 Å². The van der Waals surface area contributed by atoms with Gasteiger partial charge in [-0.25, -0.2) is 0 Å². The number of anilines is 4. The number of rotatable bonds is 4. The summed E-state index contributed by atoms with van der Waals surface area (Å²) in [6, 6.07) is 20.3. The fourth-order valence-corrected chi connectivity index (χ4v) is 4.71. The van der Waals surface area contributed by atoms with E-state index in [1.807, 2.05) is 58.0 Å². The van der Waals surface area contributed by atoms with Crippen molar-refractivity contribution < 1.29 is 14.7 Å². The number of phenolic OH excluding ortho intramolecular Hbond substituents is 1. The number of aryl methyl sites for hydroxylation is 4. The molecule has 0 aromatic heterocycles. The van der Waals surface area contributed by atoms with Crippen LogP contribution in [0.2, 0.25) is 0 Å². The average Bonchev–Trinajstić information content (AvgIpc) is 2.81. The maximum atomic E-state index is 13.8. The minimum atomic E-state index is -0.385. The maximum Gasteiger partial charge on any atom is 0.200 e. The van der Waals surface area contributed by atoms with E-state index in [0.29, 0.717) is 16.9 Å². The summed E-state index contributed by atoms with van der Waals surface area (Å²) in [5.41, 5.74) is 7.88. The summed E-state index contributed by atoms with van der Waals surface area (Å²) in [5, 5.41) is 17.2. The van der Waals surface area contributed by atoms with Crippen LogP contribution in [-0.2, 0) is 0 Å². The first-order valence-corrected chi connectivity index (χ1v) is 11.5. The first-order valence-electron chi connectivity index (χ1n) is 11.5. The molecule has 0 bridgehead atoms. The van der Waals surface area contributed by atoms with Gasteiger partial charge in [0, 0.05) is 16.9 Å². The second-order valence-electron chi connectivity index (χ2n) is 9.16. The Labute approximate surface area is 204 Å². The summed E-state index contributed by atoms with van der Waals surface area (Å²) >= 11 is 0. The van der Waals surface area contributed by atoms with E-state index in [1.165, 1.54) is 6.07 Å². The molecule has 3 N–H and O–H groups in total. The van der Waals surface area contributed by atoms with E-state index in [2.05, 4.69) is 22.8 Å². The number of carbonyl (C=O) groups excluding carboxylic acids is 2. The average molecular weight is 463 g/mol. The topological polar surface area (TPSA) is 78.4 Å². The molecule has 0 unspecified atom stereocenters. The van der Waals surface area contributed by atoms with Gasteiger partial charge in [0.15, 0.2) is 11.6 Å². The van der Waals surface area contributed by atoms with E-state index < -0.39 is 0 Å². The summed E-state index contributed by atoms with van der Waals surface area (Å²) in [6.45, 7) is 8.04. The lowest BCUT2D eigenvalue weighted by molar-refractivity contribution is 0.0978. The summed E-state index contributed by atoms with van der Waals surface area (Å²) in [5.74, 6) is -0.886. The molecule has 1 aliphatic carbocycles. The predicted molar refractivity (Wildman–Crippen MR) is 140 cm³/mol. The van der Waals surface area contributed by atoms with E-state index in [-0.39, 0.29) is 34.0 Å². The molecule has 0 saturated carbocycles. The number of phenols is 1. The molecule has 0 atom stereocenters. The Bertz CT molecular complexity index is 1540. The van der Waals surface area contributed by atoms with Gasteiger partial charge in [-0.1, -0.05) is 47.5 Å². The Morgan fingerprint density at radius 3 is 1.57 bits per heavy atom. The monoisotopic (exact) mass is 462 g/mol. The minimum absolute atomic E-state index is 0.0392. The van der Waals surface area contributed by atoms with Crippen molar-refractivity contribution in [3.63, 3.8) is 0 Å². The number of nitrogens with one attached hydrogen (secondary N) is 2. The SMILES string of the molecule is Cc1ccc(Nc2ccc(Nc3ccc(C)cc3C)c3c2C(=O)c2cccc(O)c2C3=O)c(C)c1. The molecular formula is C30H26N2O3. The smallest absolute Gasteiger partial charge is 0.200 e. The highest BCUT2D eigenvalue weighted by Crippen LogP contribution is 2.41. The molecule has 0 fully saturated rings. The van der Waals surface area contributed by atoms with Crippen LogP contribution in [0.15, 0.2) is 66.7 Å². The van der Waals surface area contributed by atoms with Crippen molar-refractivity contribution in [3.8, 4) is 5.75 Å². The van der Waals surface area contributed by atoms with Gasteiger partial charge >= 0.3 is 0 Å². The van der Waals surface area contributed by atoms with Crippen molar-refractivity contribution in [2.75, 3.05) is 10.6 Å². The van der Waals surface area contributed by atoms with Gasteiger partial charge in [0.2, 0.25) is 0 Å². The van der Waals surface area contributed by atoms with Crippen LogP contribution >= 0.6 is 0 Å². The Hall–Kier alpha value is -4.38. The molecule has 5 rings (SSSR count). The Morgan fingerprint density at radius 2 is 1.06 bits per heavy atom. The van der Waals surface area contributed by atoms with Crippen molar-refractivity contribution in [2.24, 2.45) is 0 Å². The van der Waals surface area contributed by atoms with E-state index >= 15 is 0 Å². The number of fused-ring (bicyclic) bond motifs is 2. The lowest BCUT2D eigenvalue weighted by atomic mass is 9.81. The molecule has 0 aliphatic heterocycles. The van der Waals surface area contributed by atoms with Crippen LogP contribution in [0.1, 0.15) is 54.1 Å². The third kappa shape index (κ3) is 3.85. The molecule has 0 saturated heterocycles. The number of ketones is 2. The summed E-state index contributed by atoms with van der Waals surface area (Å²) in [7, 11) is 0. The maximum absolute atomic E-state index is 13.8. The van der Waals surface area contributed by atoms with E-state index in [1.54, 1.807) is 18.2 Å². The van der Waals surface area contributed by atoms with Gasteiger partial charge in [-0.2, -0.15) is 0 Å². The van der Waals surface area contributed by atoms with Crippen molar-refractivity contribution in [2.45, 2.75) is 27.7 Å². The summed E-state index contributed by atoms with van der Waals surface area (Å²) in [6.07, 6.45) is 0. The third-order valence-corrected chi connectivity index (χ3v) is 6.48. The van der Waals surface area contributed by atoms with Crippen LogP contribution in [0.4, 0.5) is 22.7 Å². The highest BCUT2D eigenvalue weighted by Gasteiger charge is 2.36. The van der Waals surface area contributed by atoms with Crippen molar-refractivity contribution in [3.05, 3.63) is 111 Å². The van der Waals surface area contributed by atoms with Crippen LogP contribution in [0.3, 0.4) is 0 Å². The first kappa shape index (κ1) is 22.4. The highest BCUT2D eigenvalue weighted by molar-refractivity contribution is 6.33. The number of hydrogen-bond donors (Lipinski definition) is 3. The van der Waals surface area contributed by atoms with Crippen LogP contribution in [-0.4, -0.2) is 16.7 Å². The van der Waals surface area contributed by atoms with Gasteiger partial charge in [-0.15, -0.1) is 0 Å². The first-order chi connectivity index (χ1) is 16.7. The summed E-state index contributed by atoms with van der Waals surface area (Å²) in [4.78, 5) is 27.5. The van der Waals surface area contributed by atoms with Gasteiger partial charge in [-0.3, -0.25) is 9.59 Å². The zero-order chi connectivity index (χ0) is 24.9. The van der Waals surface area contributed by atoms with Crippen molar-refractivity contribution in [1.29, 1.82) is 0 Å². The van der Waals surface area contributed by atoms with E-state index in [0.717, 1.165) is 33.6 Å². The Morgan fingerprint density at radius 1 is 0.571 bits per heavy atom. The molecule has 4 aromatic rings. The normalized spacial score (nSPS) is 12.2. The lowest BCUT2D eigenvalue weighted by Gasteiger charge is -2.25. The standard InChI is InChI=1S/C30H26N2O3/c1-16-8-10-21(18(3)14-16)31-23-12-13-24(32-22-11-9-17(2)15-19(22)4)28-27(23)29(34)20-6-5-7-25(33)26(20)30(28)35/h5-15,31-33H,1-4H3. The summed E-state index contributed by atoms with van der Waals surface area (Å²) < 4.78 is 0. The van der Waals surface area contributed by atoms with E-state index in [4.69, 9.17) is 0 Å². The van der Waals surface area contributed by atoms with Crippen LogP contribution in [0.25, 0.3) is 0 Å². The molecule has 0 heterocycles. The fraction of sp³-hybridized carbons (Fsp3) is 0.133. The molecule has 35 heavy (non-hydrogen) atoms. The van der Waals surface area contributed by atoms with E-state index in [9.17, 15) is 14.7 Å². The molecule has 5 heteroatoms. The predicted octanol–water partition coefficient (Wildman–Crippen LogP) is 6.89. The lowest BCUT2D eigenvalue weighted by Crippen LogP contribution is -2.23. The third-order valence-electron chi connectivity index (χ3n) is 6.48. The minimum Gasteiger partial charge on any atom is -0.507 e. The largest absolute Gasteiger partial charge is 0.507 e. The fourth-order valence-electron chi connectivity index (χ4n) is 4.71. The molecule has 0 spiro atoms. The van der Waals surface area contributed by atoms with Gasteiger partial charge in [0.25, 0.3) is 0 Å². The van der Waals surface area contributed by atoms with Gasteiger partial charge in [0.05, 0.1) is 28.1 Å².